The summed E-state index contributed by atoms with van der Waals surface area (Å²) < 4.78 is 5.55. The van der Waals surface area contributed by atoms with E-state index in [0.29, 0.717) is 24.8 Å². The number of nitrogens with one attached hydrogen (secondary N) is 1. The van der Waals surface area contributed by atoms with Gasteiger partial charge in [0, 0.05) is 29.7 Å². The van der Waals surface area contributed by atoms with Crippen molar-refractivity contribution in [3.8, 4) is 5.75 Å². The zero-order valence-corrected chi connectivity index (χ0v) is 16.5. The summed E-state index contributed by atoms with van der Waals surface area (Å²) in [6.07, 6.45) is 2.66. The largest absolute Gasteiger partial charge is 0.496 e. The highest BCUT2D eigenvalue weighted by Gasteiger charge is 2.45. The van der Waals surface area contributed by atoms with Crippen LogP contribution < -0.4 is 4.74 Å². The van der Waals surface area contributed by atoms with Crippen molar-refractivity contribution in [2.24, 2.45) is 11.8 Å². The molecule has 7 heteroatoms. The van der Waals surface area contributed by atoms with Gasteiger partial charge >= 0.3 is 5.97 Å². The maximum Gasteiger partial charge on any atom is 0.339 e. The molecule has 1 saturated heterocycles. The third-order valence-corrected chi connectivity index (χ3v) is 6.37. The molecule has 0 radical (unpaired) electrons. The first-order valence-electron chi connectivity index (χ1n) is 9.84. The number of piperidine rings is 1. The fourth-order valence-electron chi connectivity index (χ4n) is 5.13. The Morgan fingerprint density at radius 2 is 2.17 bits per heavy atom. The lowest BCUT2D eigenvalue weighted by atomic mass is 9.72. The highest BCUT2D eigenvalue weighted by molar-refractivity contribution is 6.08. The third kappa shape index (κ3) is 2.88. The van der Waals surface area contributed by atoms with E-state index < -0.39 is 11.9 Å². The fraction of sp³-hybridized carbons (Fsp3) is 0.409. The van der Waals surface area contributed by atoms with Crippen molar-refractivity contribution in [3.05, 3.63) is 40.6 Å². The second kappa shape index (κ2) is 7.48. The van der Waals surface area contributed by atoms with E-state index >= 15 is 0 Å². The lowest BCUT2D eigenvalue weighted by molar-refractivity contribution is -0.133. The summed E-state index contributed by atoms with van der Waals surface area (Å²) in [5.74, 6) is -1.34. The van der Waals surface area contributed by atoms with Crippen molar-refractivity contribution in [2.45, 2.75) is 25.8 Å². The van der Waals surface area contributed by atoms with E-state index in [4.69, 9.17) is 4.74 Å². The zero-order chi connectivity index (χ0) is 20.7. The van der Waals surface area contributed by atoms with Gasteiger partial charge in [-0.1, -0.05) is 13.0 Å². The number of benzene rings is 1. The molecule has 0 amide bonds. The normalized spacial score (nSPS) is 25.8. The number of carbonyl (C=O) groups is 3. The Morgan fingerprint density at radius 1 is 1.38 bits per heavy atom. The van der Waals surface area contributed by atoms with Gasteiger partial charge in [0.2, 0.25) is 0 Å². The number of rotatable bonds is 5. The Hall–Kier alpha value is -2.93. The predicted molar refractivity (Wildman–Crippen MR) is 107 cm³/mol. The Kier molecular flexibility index (Phi) is 5.00. The molecule has 3 atom stereocenters. The van der Waals surface area contributed by atoms with Crippen molar-refractivity contribution in [2.75, 3.05) is 20.2 Å². The number of fused-ring (bicyclic) bond motifs is 5. The number of H-pyrrole nitrogens is 1. The lowest BCUT2D eigenvalue weighted by Crippen LogP contribution is -2.49. The molecule has 2 N–H and O–H groups in total. The van der Waals surface area contributed by atoms with Gasteiger partial charge in [0.05, 0.1) is 24.6 Å². The second-order valence-electron chi connectivity index (χ2n) is 7.65. The van der Waals surface area contributed by atoms with Gasteiger partial charge in [-0.05, 0) is 42.0 Å². The maximum absolute atomic E-state index is 12.3. The van der Waals surface area contributed by atoms with Crippen LogP contribution in [0.15, 0.2) is 29.3 Å². The molecule has 1 unspecified atom stereocenters. The van der Waals surface area contributed by atoms with E-state index in [1.807, 2.05) is 25.1 Å². The fourth-order valence-corrected chi connectivity index (χ4v) is 5.13. The Balaban J connectivity index is 1.94. The number of hydrogen-bond donors (Lipinski definition) is 2. The van der Waals surface area contributed by atoms with Gasteiger partial charge in [-0.2, -0.15) is 0 Å². The summed E-state index contributed by atoms with van der Waals surface area (Å²) in [5.41, 5.74) is 3.11. The molecule has 0 saturated carbocycles. The predicted octanol–water partition coefficient (Wildman–Crippen LogP) is 2.51. The number of carboxylic acids is 1. The van der Waals surface area contributed by atoms with Gasteiger partial charge in [-0.15, -0.1) is 0 Å². The number of carbonyl (C=O) groups excluding carboxylic acids is 2. The first-order valence-corrected chi connectivity index (χ1v) is 9.84. The standard InChI is InChI=1S/C22H24N2O5/c1-3-12-9-24-8-7-13-19-16(5-4-6-17(19)29-2)23-20(13)21(24)14(10-25)18(12)15(11-26)22(27)28/h4-6,10-12,14,21,23H,3,7-9H2,1-2H3,(H,27,28)/b18-15-/t12-,14?,21-/m0/s1. The molecular formula is C22H24N2O5. The number of aromatic nitrogens is 1. The monoisotopic (exact) mass is 396 g/mol. The molecular weight excluding hydrogens is 372 g/mol. The minimum atomic E-state index is -1.27. The lowest BCUT2D eigenvalue weighted by Gasteiger charge is -2.47. The Labute approximate surface area is 168 Å². The molecule has 1 fully saturated rings. The van der Waals surface area contributed by atoms with Crippen molar-refractivity contribution >= 4 is 29.4 Å². The quantitative estimate of drug-likeness (QED) is 0.349. The second-order valence-corrected chi connectivity index (χ2v) is 7.65. The average molecular weight is 396 g/mol. The first kappa shape index (κ1) is 19.4. The third-order valence-electron chi connectivity index (χ3n) is 6.37. The molecule has 4 rings (SSSR count). The van der Waals surface area contributed by atoms with Crippen LogP contribution in [0, 0.1) is 11.8 Å². The van der Waals surface area contributed by atoms with Crippen LogP contribution in [0.1, 0.15) is 30.6 Å². The molecule has 0 bridgehead atoms. The number of nitrogens with zero attached hydrogens (tertiary/aromatic N) is 1. The number of aldehydes is 2. The van der Waals surface area contributed by atoms with Crippen LogP contribution in [0.25, 0.3) is 10.9 Å². The molecule has 152 valence electrons. The van der Waals surface area contributed by atoms with Crippen LogP contribution in [0.5, 0.6) is 5.75 Å². The van der Waals surface area contributed by atoms with Crippen LogP contribution >= 0.6 is 0 Å². The minimum Gasteiger partial charge on any atom is -0.496 e. The van der Waals surface area contributed by atoms with Gasteiger partial charge in [0.15, 0.2) is 6.29 Å². The minimum absolute atomic E-state index is 0.141. The van der Waals surface area contributed by atoms with Crippen molar-refractivity contribution < 1.29 is 24.2 Å². The van der Waals surface area contributed by atoms with Crippen LogP contribution in [0.4, 0.5) is 0 Å². The van der Waals surface area contributed by atoms with Crippen molar-refractivity contribution in [3.63, 3.8) is 0 Å². The summed E-state index contributed by atoms with van der Waals surface area (Å²) in [5, 5.41) is 10.6. The molecule has 2 aliphatic rings. The summed E-state index contributed by atoms with van der Waals surface area (Å²) in [6.45, 7) is 3.35. The molecule has 1 aromatic carbocycles. The number of hydrogen-bond acceptors (Lipinski definition) is 5. The number of methoxy groups -OCH3 is 1. The van der Waals surface area contributed by atoms with E-state index in [1.54, 1.807) is 7.11 Å². The number of aromatic amines is 1. The van der Waals surface area contributed by atoms with Crippen LogP contribution in [0.2, 0.25) is 0 Å². The summed E-state index contributed by atoms with van der Waals surface area (Å²) >= 11 is 0. The molecule has 29 heavy (non-hydrogen) atoms. The average Bonchev–Trinajstić information content (AvgIpc) is 3.12. The van der Waals surface area contributed by atoms with Crippen LogP contribution in [-0.4, -0.2) is 53.7 Å². The molecule has 1 aromatic heterocycles. The van der Waals surface area contributed by atoms with E-state index in [-0.39, 0.29) is 17.5 Å². The van der Waals surface area contributed by atoms with E-state index in [0.717, 1.165) is 47.2 Å². The first-order chi connectivity index (χ1) is 14.0. The highest BCUT2D eigenvalue weighted by atomic mass is 16.5. The Morgan fingerprint density at radius 3 is 2.79 bits per heavy atom. The van der Waals surface area contributed by atoms with Crippen LogP contribution in [0.3, 0.4) is 0 Å². The van der Waals surface area contributed by atoms with Crippen molar-refractivity contribution in [1.29, 1.82) is 0 Å². The van der Waals surface area contributed by atoms with E-state index in [9.17, 15) is 19.5 Å². The van der Waals surface area contributed by atoms with Gasteiger partial charge in [-0.25, -0.2) is 4.79 Å². The molecule has 7 nitrogen and oxygen atoms in total. The number of ether oxygens (including phenoxy) is 1. The van der Waals surface area contributed by atoms with Gasteiger partial charge < -0.3 is 19.6 Å². The van der Waals surface area contributed by atoms with E-state index in [1.165, 1.54) is 0 Å². The SMILES string of the molecule is CC[C@H]1CN2CCc3c([nH]c4cccc(OC)c34)[C@@H]2C(C=O)/C1=C(/C=O)C(=O)O. The summed E-state index contributed by atoms with van der Waals surface area (Å²) in [7, 11) is 1.63. The Bertz CT molecular complexity index is 1020. The number of carboxylic acid groups (broad SMARTS) is 1. The highest BCUT2D eigenvalue weighted by Crippen LogP contribution is 2.48. The zero-order valence-electron chi connectivity index (χ0n) is 16.5. The smallest absolute Gasteiger partial charge is 0.339 e. The topological polar surface area (TPSA) is 99.7 Å². The molecule has 2 aromatic rings. The van der Waals surface area contributed by atoms with Gasteiger partial charge in [0.1, 0.15) is 12.0 Å². The van der Waals surface area contributed by atoms with Gasteiger partial charge in [-0.3, -0.25) is 9.69 Å². The number of aliphatic carboxylic acids is 1. The van der Waals surface area contributed by atoms with Crippen molar-refractivity contribution in [1.82, 2.24) is 9.88 Å². The molecule has 2 aliphatic heterocycles. The van der Waals surface area contributed by atoms with Gasteiger partial charge in [0.25, 0.3) is 0 Å². The van der Waals surface area contributed by atoms with Crippen LogP contribution in [-0.2, 0) is 20.8 Å². The summed E-state index contributed by atoms with van der Waals surface area (Å²) in [6, 6.07) is 5.47. The molecule has 0 spiro atoms. The maximum atomic E-state index is 12.3. The molecule has 0 aliphatic carbocycles. The van der Waals surface area contributed by atoms with E-state index in [2.05, 4.69) is 9.88 Å². The summed E-state index contributed by atoms with van der Waals surface area (Å²) in [4.78, 5) is 41.3. The molecule has 3 heterocycles.